The Labute approximate surface area is 201 Å². The highest BCUT2D eigenvalue weighted by molar-refractivity contribution is 14.1. The molecule has 2 aliphatic carbocycles. The van der Waals surface area contributed by atoms with E-state index in [-0.39, 0.29) is 18.2 Å². The number of nitrogens with zero attached hydrogens (tertiary/aromatic N) is 1. The second kappa shape index (κ2) is 9.25. The lowest BCUT2D eigenvalue weighted by molar-refractivity contribution is -0.120. The van der Waals surface area contributed by atoms with Crippen molar-refractivity contribution in [1.29, 1.82) is 0 Å². The third-order valence-corrected chi connectivity index (χ3v) is 7.15. The van der Waals surface area contributed by atoms with Crippen molar-refractivity contribution in [3.8, 4) is 11.5 Å². The standard InChI is InChI=1S/C24H27IN2O5/c1-3-27-15-6-4-8-17(28)22(15)21(23-16(27)7-5-9-18(23)29)13-10-14(25)24(19(11-13)31-2)32-12-20(26)30/h10-11,21H,3-9,12H2,1-2H3,(H2,26,30). The maximum atomic E-state index is 13.2. The number of rotatable bonds is 6. The van der Waals surface area contributed by atoms with Crippen LogP contribution in [-0.2, 0) is 14.4 Å². The summed E-state index contributed by atoms with van der Waals surface area (Å²) in [5.74, 6) is 0.113. The highest BCUT2D eigenvalue weighted by atomic mass is 127. The summed E-state index contributed by atoms with van der Waals surface area (Å²) in [6, 6.07) is 3.74. The Morgan fingerprint density at radius 1 is 1.09 bits per heavy atom. The second-order valence-corrected chi connectivity index (χ2v) is 9.40. The number of amides is 1. The molecule has 0 spiro atoms. The highest BCUT2D eigenvalue weighted by Crippen LogP contribution is 2.50. The van der Waals surface area contributed by atoms with Crippen molar-refractivity contribution in [2.24, 2.45) is 5.73 Å². The van der Waals surface area contributed by atoms with E-state index in [4.69, 9.17) is 15.2 Å². The number of methoxy groups -OCH3 is 1. The number of Topliss-reactive ketones (excluding diaryl/α,β-unsaturated/α-hetero) is 2. The van der Waals surface area contributed by atoms with Gasteiger partial charge in [0.25, 0.3) is 5.91 Å². The zero-order valence-corrected chi connectivity index (χ0v) is 20.5. The maximum absolute atomic E-state index is 13.2. The lowest BCUT2D eigenvalue weighted by Crippen LogP contribution is -2.39. The van der Waals surface area contributed by atoms with Gasteiger partial charge in [-0.05, 0) is 72.9 Å². The summed E-state index contributed by atoms with van der Waals surface area (Å²) in [5.41, 5.74) is 9.68. The quantitative estimate of drug-likeness (QED) is 0.544. The Kier molecular flexibility index (Phi) is 6.60. The zero-order chi connectivity index (χ0) is 23.0. The van der Waals surface area contributed by atoms with Crippen molar-refractivity contribution in [3.05, 3.63) is 43.8 Å². The van der Waals surface area contributed by atoms with Crippen LogP contribution >= 0.6 is 22.6 Å². The van der Waals surface area contributed by atoms with Crippen molar-refractivity contribution in [1.82, 2.24) is 4.90 Å². The van der Waals surface area contributed by atoms with E-state index >= 15 is 0 Å². The normalized spacial score (nSPS) is 19.2. The van der Waals surface area contributed by atoms with Crippen molar-refractivity contribution < 1.29 is 23.9 Å². The number of primary amides is 1. The molecule has 0 aromatic heterocycles. The first-order valence-electron chi connectivity index (χ1n) is 11.0. The molecule has 4 rings (SSSR count). The van der Waals surface area contributed by atoms with Crippen LogP contribution in [0.1, 0.15) is 56.9 Å². The summed E-state index contributed by atoms with van der Waals surface area (Å²) >= 11 is 2.13. The fourth-order valence-electron chi connectivity index (χ4n) is 5.12. The molecule has 0 radical (unpaired) electrons. The van der Waals surface area contributed by atoms with Gasteiger partial charge in [0.2, 0.25) is 0 Å². The average molecular weight is 550 g/mol. The minimum Gasteiger partial charge on any atom is -0.493 e. The Morgan fingerprint density at radius 2 is 1.69 bits per heavy atom. The van der Waals surface area contributed by atoms with Crippen molar-refractivity contribution in [2.45, 2.75) is 51.4 Å². The number of carbonyl (C=O) groups is 3. The summed E-state index contributed by atoms with van der Waals surface area (Å²) in [5, 5.41) is 0. The predicted molar refractivity (Wildman–Crippen MR) is 127 cm³/mol. The van der Waals surface area contributed by atoms with Crippen LogP contribution in [0.15, 0.2) is 34.7 Å². The molecule has 1 aromatic carbocycles. The molecule has 0 atom stereocenters. The number of halogens is 1. The number of carbonyl (C=O) groups excluding carboxylic acids is 3. The fourth-order valence-corrected chi connectivity index (χ4v) is 5.90. The van der Waals surface area contributed by atoms with Gasteiger partial charge in [-0.2, -0.15) is 0 Å². The van der Waals surface area contributed by atoms with Gasteiger partial charge in [-0.15, -0.1) is 0 Å². The lowest BCUT2D eigenvalue weighted by Gasteiger charge is -2.43. The van der Waals surface area contributed by atoms with Gasteiger partial charge in [0.1, 0.15) is 0 Å². The average Bonchev–Trinajstić information content (AvgIpc) is 2.76. The molecule has 0 unspecified atom stereocenters. The number of nitrogens with two attached hydrogens (primary N) is 1. The van der Waals surface area contributed by atoms with E-state index in [0.717, 1.165) is 63.9 Å². The minimum absolute atomic E-state index is 0.114. The van der Waals surface area contributed by atoms with E-state index in [1.165, 1.54) is 7.11 Å². The van der Waals surface area contributed by atoms with Crippen molar-refractivity contribution in [3.63, 3.8) is 0 Å². The summed E-state index contributed by atoms with van der Waals surface area (Å²) in [7, 11) is 1.53. The van der Waals surface area contributed by atoms with E-state index in [0.29, 0.717) is 24.3 Å². The van der Waals surface area contributed by atoms with Crippen LogP contribution in [0.5, 0.6) is 11.5 Å². The molecule has 3 aliphatic rings. The van der Waals surface area contributed by atoms with Gasteiger partial charge < -0.3 is 20.1 Å². The molecule has 0 saturated heterocycles. The molecule has 1 aromatic rings. The smallest absolute Gasteiger partial charge is 0.255 e. The van der Waals surface area contributed by atoms with Gasteiger partial charge in [0, 0.05) is 47.8 Å². The molecular formula is C24H27IN2O5. The molecule has 32 heavy (non-hydrogen) atoms. The van der Waals surface area contributed by atoms with Gasteiger partial charge in [-0.1, -0.05) is 0 Å². The maximum Gasteiger partial charge on any atom is 0.255 e. The SMILES string of the molecule is CCN1C2=C(C(=O)CCC2)C(c2cc(I)c(OCC(N)=O)c(OC)c2)C2=C1CCCC2=O. The Bertz CT molecular complexity index is 1010. The molecule has 1 amide bonds. The fraction of sp³-hybridized carbons (Fsp3) is 0.458. The van der Waals surface area contributed by atoms with Crippen LogP contribution in [0.2, 0.25) is 0 Å². The first-order valence-corrected chi connectivity index (χ1v) is 12.0. The van der Waals surface area contributed by atoms with Crippen molar-refractivity contribution in [2.75, 3.05) is 20.3 Å². The van der Waals surface area contributed by atoms with Gasteiger partial charge >= 0.3 is 0 Å². The molecule has 0 saturated carbocycles. The lowest BCUT2D eigenvalue weighted by atomic mass is 9.71. The molecule has 1 aliphatic heterocycles. The number of benzene rings is 1. The third kappa shape index (κ3) is 3.93. The summed E-state index contributed by atoms with van der Waals surface area (Å²) in [4.78, 5) is 39.8. The largest absolute Gasteiger partial charge is 0.493 e. The molecular weight excluding hydrogens is 523 g/mol. The van der Waals surface area contributed by atoms with E-state index in [1.54, 1.807) is 0 Å². The topological polar surface area (TPSA) is 98.9 Å². The van der Waals surface area contributed by atoms with E-state index in [2.05, 4.69) is 34.4 Å². The Hall–Kier alpha value is -2.36. The molecule has 8 heteroatoms. The van der Waals surface area contributed by atoms with Crippen LogP contribution < -0.4 is 15.2 Å². The first-order chi connectivity index (χ1) is 15.4. The second-order valence-electron chi connectivity index (χ2n) is 8.24. The molecule has 170 valence electrons. The number of ether oxygens (including phenoxy) is 2. The van der Waals surface area contributed by atoms with Crippen LogP contribution in [0.25, 0.3) is 0 Å². The number of hydrogen-bond acceptors (Lipinski definition) is 6. The summed E-state index contributed by atoms with van der Waals surface area (Å²) in [6.45, 7) is 2.55. The molecule has 7 nitrogen and oxygen atoms in total. The van der Waals surface area contributed by atoms with Crippen LogP contribution in [-0.4, -0.2) is 42.6 Å². The van der Waals surface area contributed by atoms with Crippen LogP contribution in [0.4, 0.5) is 0 Å². The molecule has 2 N–H and O–H groups in total. The van der Waals surface area contributed by atoms with Crippen LogP contribution in [0.3, 0.4) is 0 Å². The summed E-state index contributed by atoms with van der Waals surface area (Å²) < 4.78 is 11.9. The Balaban J connectivity index is 1.90. The first kappa shape index (κ1) is 22.8. The molecule has 1 heterocycles. The highest BCUT2D eigenvalue weighted by Gasteiger charge is 2.43. The van der Waals surface area contributed by atoms with Crippen molar-refractivity contribution >= 4 is 40.1 Å². The van der Waals surface area contributed by atoms with E-state index in [9.17, 15) is 14.4 Å². The van der Waals surface area contributed by atoms with Gasteiger partial charge in [-0.25, -0.2) is 0 Å². The van der Waals surface area contributed by atoms with E-state index in [1.807, 2.05) is 12.1 Å². The number of allylic oxidation sites excluding steroid dienone is 4. The zero-order valence-electron chi connectivity index (χ0n) is 18.3. The predicted octanol–water partition coefficient (Wildman–Crippen LogP) is 3.60. The number of ketones is 2. The minimum atomic E-state index is -0.580. The van der Waals surface area contributed by atoms with E-state index < -0.39 is 11.8 Å². The van der Waals surface area contributed by atoms with Gasteiger partial charge in [0.15, 0.2) is 29.7 Å². The summed E-state index contributed by atoms with van der Waals surface area (Å²) in [6.07, 6.45) is 4.33. The monoisotopic (exact) mass is 550 g/mol. The van der Waals surface area contributed by atoms with Crippen LogP contribution in [0, 0.1) is 3.57 Å². The van der Waals surface area contributed by atoms with Gasteiger partial charge in [0.05, 0.1) is 10.7 Å². The Morgan fingerprint density at radius 3 is 2.19 bits per heavy atom. The van der Waals surface area contributed by atoms with Gasteiger partial charge in [-0.3, -0.25) is 14.4 Å². The molecule has 0 fully saturated rings. The number of hydrogen-bond donors (Lipinski definition) is 1. The molecule has 0 bridgehead atoms. The third-order valence-electron chi connectivity index (χ3n) is 6.35.